The first kappa shape index (κ1) is 18.4. The number of halogens is 1. The summed E-state index contributed by atoms with van der Waals surface area (Å²) < 4.78 is 25.6. The van der Waals surface area contributed by atoms with Crippen molar-refractivity contribution in [2.24, 2.45) is 0 Å². The van der Waals surface area contributed by atoms with Crippen molar-refractivity contribution in [3.05, 3.63) is 64.7 Å². The summed E-state index contributed by atoms with van der Waals surface area (Å²) >= 11 is 6.03. The standard InChI is InChI=1S/C18H17ClN2O4S/c19-15-8-3-1-6-13(15)12-20-17(22)10-5-11-21-18(23)14-7-2-4-9-16(14)26(21,24)25/h1-4,6-9H,5,10-12H2,(H,20,22). The lowest BCUT2D eigenvalue weighted by molar-refractivity contribution is -0.121. The zero-order valence-corrected chi connectivity index (χ0v) is 15.4. The molecular weight excluding hydrogens is 376 g/mol. The van der Waals surface area contributed by atoms with Crippen LogP contribution in [0.2, 0.25) is 5.02 Å². The van der Waals surface area contributed by atoms with Gasteiger partial charge < -0.3 is 5.32 Å². The van der Waals surface area contributed by atoms with Gasteiger partial charge in [-0.3, -0.25) is 9.59 Å². The van der Waals surface area contributed by atoms with E-state index in [9.17, 15) is 18.0 Å². The summed E-state index contributed by atoms with van der Waals surface area (Å²) in [5, 5.41) is 3.31. The highest BCUT2D eigenvalue weighted by atomic mass is 35.5. The van der Waals surface area contributed by atoms with E-state index in [1.54, 1.807) is 24.3 Å². The Bertz CT molecular complexity index is 959. The third kappa shape index (κ3) is 3.59. The number of sulfonamides is 1. The van der Waals surface area contributed by atoms with Gasteiger partial charge in [0.1, 0.15) is 4.90 Å². The summed E-state index contributed by atoms with van der Waals surface area (Å²) in [6, 6.07) is 13.3. The van der Waals surface area contributed by atoms with E-state index >= 15 is 0 Å². The highest BCUT2D eigenvalue weighted by molar-refractivity contribution is 7.90. The fraction of sp³-hybridized carbons (Fsp3) is 0.222. The van der Waals surface area contributed by atoms with E-state index in [4.69, 9.17) is 11.6 Å². The Morgan fingerprint density at radius 1 is 1.08 bits per heavy atom. The monoisotopic (exact) mass is 392 g/mol. The molecule has 1 heterocycles. The van der Waals surface area contributed by atoms with Gasteiger partial charge in [0.15, 0.2) is 0 Å². The van der Waals surface area contributed by atoms with Crippen LogP contribution in [0.3, 0.4) is 0 Å². The third-order valence-electron chi connectivity index (χ3n) is 4.11. The van der Waals surface area contributed by atoms with Gasteiger partial charge in [0.25, 0.3) is 15.9 Å². The average molecular weight is 393 g/mol. The molecule has 8 heteroatoms. The molecule has 3 rings (SSSR count). The summed E-state index contributed by atoms with van der Waals surface area (Å²) in [7, 11) is -3.82. The number of rotatable bonds is 6. The molecule has 0 saturated heterocycles. The number of fused-ring (bicyclic) bond motifs is 1. The lowest BCUT2D eigenvalue weighted by Crippen LogP contribution is -2.32. The highest BCUT2D eigenvalue weighted by Gasteiger charge is 2.40. The number of hydrogen-bond acceptors (Lipinski definition) is 4. The Morgan fingerprint density at radius 3 is 2.50 bits per heavy atom. The van der Waals surface area contributed by atoms with Gasteiger partial charge in [-0.25, -0.2) is 12.7 Å². The molecule has 136 valence electrons. The fourth-order valence-electron chi connectivity index (χ4n) is 2.76. The summed E-state index contributed by atoms with van der Waals surface area (Å²) in [5.41, 5.74) is 0.978. The Morgan fingerprint density at radius 2 is 1.77 bits per heavy atom. The largest absolute Gasteiger partial charge is 0.352 e. The topological polar surface area (TPSA) is 83.6 Å². The molecule has 26 heavy (non-hydrogen) atoms. The molecule has 2 aromatic rings. The summed E-state index contributed by atoms with van der Waals surface area (Å²) in [5.74, 6) is -0.774. The van der Waals surface area contributed by atoms with Crippen molar-refractivity contribution in [3.63, 3.8) is 0 Å². The first-order valence-corrected chi connectivity index (χ1v) is 9.89. The van der Waals surface area contributed by atoms with Crippen molar-refractivity contribution >= 4 is 33.4 Å². The predicted molar refractivity (Wildman–Crippen MR) is 97.2 cm³/mol. The Hall–Kier alpha value is -2.38. The second kappa shape index (κ2) is 7.47. The van der Waals surface area contributed by atoms with Gasteiger partial charge in [-0.2, -0.15) is 0 Å². The number of carbonyl (C=O) groups is 2. The second-order valence-corrected chi connectivity index (χ2v) is 8.09. The van der Waals surface area contributed by atoms with E-state index in [0.717, 1.165) is 9.87 Å². The maximum atomic E-state index is 12.4. The fourth-order valence-corrected chi connectivity index (χ4v) is 4.57. The zero-order valence-electron chi connectivity index (χ0n) is 13.8. The molecule has 0 atom stereocenters. The zero-order chi connectivity index (χ0) is 18.7. The minimum Gasteiger partial charge on any atom is -0.352 e. The molecule has 2 amide bonds. The minimum atomic E-state index is -3.82. The number of benzene rings is 2. The van der Waals surface area contributed by atoms with E-state index in [2.05, 4.69) is 5.32 Å². The number of nitrogens with zero attached hydrogens (tertiary/aromatic N) is 1. The molecule has 0 unspecified atom stereocenters. The molecule has 0 aromatic heterocycles. The molecule has 0 bridgehead atoms. The van der Waals surface area contributed by atoms with E-state index < -0.39 is 15.9 Å². The number of amides is 2. The highest BCUT2D eigenvalue weighted by Crippen LogP contribution is 2.29. The Balaban J connectivity index is 1.53. The van der Waals surface area contributed by atoms with Crippen LogP contribution in [0.4, 0.5) is 0 Å². The van der Waals surface area contributed by atoms with Crippen LogP contribution in [-0.4, -0.2) is 31.1 Å². The van der Waals surface area contributed by atoms with E-state index in [0.29, 0.717) is 11.6 Å². The normalized spacial score (nSPS) is 15.0. The molecule has 1 aliphatic rings. The van der Waals surface area contributed by atoms with Crippen LogP contribution in [0.25, 0.3) is 0 Å². The molecule has 0 aliphatic carbocycles. The molecule has 0 saturated carbocycles. The van der Waals surface area contributed by atoms with Crippen molar-refractivity contribution in [2.45, 2.75) is 24.3 Å². The van der Waals surface area contributed by atoms with E-state index in [-0.39, 0.29) is 35.8 Å². The first-order valence-electron chi connectivity index (χ1n) is 8.07. The quantitative estimate of drug-likeness (QED) is 0.818. The van der Waals surface area contributed by atoms with E-state index in [1.807, 2.05) is 12.1 Å². The van der Waals surface area contributed by atoms with E-state index in [1.165, 1.54) is 12.1 Å². The maximum Gasteiger partial charge on any atom is 0.269 e. The molecule has 0 radical (unpaired) electrons. The molecule has 0 spiro atoms. The van der Waals surface area contributed by atoms with Crippen molar-refractivity contribution in [3.8, 4) is 0 Å². The summed E-state index contributed by atoms with van der Waals surface area (Å²) in [4.78, 5) is 24.2. The van der Waals surface area contributed by atoms with Crippen LogP contribution >= 0.6 is 11.6 Å². The number of nitrogens with one attached hydrogen (secondary N) is 1. The van der Waals surface area contributed by atoms with Crippen LogP contribution in [0.1, 0.15) is 28.8 Å². The molecule has 6 nitrogen and oxygen atoms in total. The van der Waals surface area contributed by atoms with Crippen LogP contribution in [0.15, 0.2) is 53.4 Å². The predicted octanol–water partition coefficient (Wildman–Crippen LogP) is 2.58. The number of carbonyl (C=O) groups excluding carboxylic acids is 2. The second-order valence-electron chi connectivity index (χ2n) is 5.85. The Kier molecular flexibility index (Phi) is 5.29. The Labute approximate surface area is 156 Å². The van der Waals surface area contributed by atoms with Crippen LogP contribution < -0.4 is 5.32 Å². The van der Waals surface area contributed by atoms with Gasteiger partial charge in [-0.15, -0.1) is 0 Å². The average Bonchev–Trinajstić information content (AvgIpc) is 2.82. The summed E-state index contributed by atoms with van der Waals surface area (Å²) in [6.45, 7) is 0.264. The molecular formula is C18H17ClN2O4S. The molecule has 0 fully saturated rings. The van der Waals surface area contributed by atoms with Gasteiger partial charge in [-0.05, 0) is 30.2 Å². The van der Waals surface area contributed by atoms with Crippen LogP contribution in [0.5, 0.6) is 0 Å². The van der Waals surface area contributed by atoms with Crippen molar-refractivity contribution < 1.29 is 18.0 Å². The smallest absolute Gasteiger partial charge is 0.269 e. The van der Waals surface area contributed by atoms with Crippen molar-refractivity contribution in [1.29, 1.82) is 0 Å². The number of hydrogen-bond donors (Lipinski definition) is 1. The lowest BCUT2D eigenvalue weighted by Gasteiger charge is -2.14. The molecule has 1 aliphatic heterocycles. The van der Waals surface area contributed by atoms with Crippen molar-refractivity contribution in [1.82, 2.24) is 9.62 Å². The lowest BCUT2D eigenvalue weighted by atomic mass is 10.2. The van der Waals surface area contributed by atoms with Gasteiger partial charge in [0, 0.05) is 24.5 Å². The maximum absolute atomic E-state index is 12.4. The van der Waals surface area contributed by atoms with Crippen LogP contribution in [-0.2, 0) is 21.4 Å². The van der Waals surface area contributed by atoms with Gasteiger partial charge in [-0.1, -0.05) is 41.9 Å². The molecule has 1 N–H and O–H groups in total. The third-order valence-corrected chi connectivity index (χ3v) is 6.32. The molecule has 2 aromatic carbocycles. The van der Waals surface area contributed by atoms with Gasteiger partial charge in [0.05, 0.1) is 5.56 Å². The summed E-state index contributed by atoms with van der Waals surface area (Å²) in [6.07, 6.45) is 0.355. The van der Waals surface area contributed by atoms with Crippen molar-refractivity contribution in [2.75, 3.05) is 6.54 Å². The SMILES string of the molecule is O=C(CCCN1C(=O)c2ccccc2S1(=O)=O)NCc1ccccc1Cl. The van der Waals surface area contributed by atoms with Crippen LogP contribution in [0, 0.1) is 0 Å². The van der Waals surface area contributed by atoms with Gasteiger partial charge >= 0.3 is 0 Å². The minimum absolute atomic E-state index is 0.0215. The first-order chi connectivity index (χ1) is 12.4. The van der Waals surface area contributed by atoms with Gasteiger partial charge in [0.2, 0.25) is 5.91 Å².